The van der Waals surface area contributed by atoms with Gasteiger partial charge < -0.3 is 35.7 Å². The predicted molar refractivity (Wildman–Crippen MR) is 60.6 cm³/mol. The Balaban J connectivity index is 0.00000289. The third-order valence-electron chi connectivity index (χ3n) is 2.92. The number of nitrogens with zero attached hydrogens (tertiary/aromatic N) is 2. The standard InChI is InChI=1S/C10H21N2O5.V/c13-6-8(15)10(17)9(16)7(14)5-12-3-1-11-2-4-12;/h7-10,13-17H,1-6H2;/q-1;. The maximum Gasteiger partial charge on any atom is 0.111 e. The Bertz CT molecular complexity index is 218. The number of β-amino-alcohol motifs (C(OH)–C–C–N with tert-alkyl or cyclic N) is 1. The summed E-state index contributed by atoms with van der Waals surface area (Å²) >= 11 is 0. The normalized spacial score (nSPS) is 23.8. The fraction of sp³-hybridized carbons (Fsp3) is 1.00. The summed E-state index contributed by atoms with van der Waals surface area (Å²) in [6, 6.07) is 0. The molecule has 1 aliphatic rings. The van der Waals surface area contributed by atoms with E-state index in [9.17, 15) is 15.3 Å². The Labute approximate surface area is 118 Å². The molecule has 0 bridgehead atoms. The number of rotatable bonds is 6. The number of aliphatic hydroxyl groups excluding tert-OH is 5. The van der Waals surface area contributed by atoms with Gasteiger partial charge in [0.05, 0.1) is 12.7 Å². The third-order valence-corrected chi connectivity index (χ3v) is 2.92. The molecule has 1 aliphatic heterocycles. The monoisotopic (exact) mass is 300 g/mol. The first-order chi connectivity index (χ1) is 8.06. The van der Waals surface area contributed by atoms with Gasteiger partial charge in [-0.25, -0.2) is 0 Å². The van der Waals surface area contributed by atoms with E-state index in [1.54, 1.807) is 0 Å². The molecule has 8 heteroatoms. The molecule has 1 heterocycles. The number of aliphatic hydroxyl groups is 5. The van der Waals surface area contributed by atoms with Gasteiger partial charge in [0.25, 0.3) is 0 Å². The first kappa shape index (κ1) is 18.3. The van der Waals surface area contributed by atoms with Crippen molar-refractivity contribution >= 4 is 0 Å². The molecule has 1 saturated heterocycles. The molecule has 0 aromatic carbocycles. The van der Waals surface area contributed by atoms with Gasteiger partial charge >= 0.3 is 0 Å². The summed E-state index contributed by atoms with van der Waals surface area (Å²) in [6.45, 7) is 2.37. The molecule has 18 heavy (non-hydrogen) atoms. The molecule has 4 atom stereocenters. The van der Waals surface area contributed by atoms with E-state index in [2.05, 4.69) is 5.32 Å². The van der Waals surface area contributed by atoms with Crippen LogP contribution in [-0.2, 0) is 18.6 Å². The van der Waals surface area contributed by atoms with Gasteiger partial charge in [-0.2, -0.15) is 0 Å². The van der Waals surface area contributed by atoms with E-state index in [1.807, 2.05) is 4.90 Å². The number of hydrogen-bond donors (Lipinski definition) is 5. The summed E-state index contributed by atoms with van der Waals surface area (Å²) < 4.78 is 0. The molecular formula is C10H21N2O5V-. The van der Waals surface area contributed by atoms with E-state index < -0.39 is 31.0 Å². The minimum absolute atomic E-state index is 0. The molecule has 1 fully saturated rings. The van der Waals surface area contributed by atoms with Crippen LogP contribution in [0.2, 0.25) is 0 Å². The SMILES string of the molecule is OCC(O)C(O)C(O)C(O)CN1CC[N-]CC1.[V]. The van der Waals surface area contributed by atoms with Crippen LogP contribution in [0.25, 0.3) is 5.32 Å². The van der Waals surface area contributed by atoms with Crippen molar-refractivity contribution in [3.63, 3.8) is 0 Å². The smallest absolute Gasteiger partial charge is 0.111 e. The van der Waals surface area contributed by atoms with Gasteiger partial charge in [0.1, 0.15) is 18.3 Å². The van der Waals surface area contributed by atoms with Crippen LogP contribution in [0.4, 0.5) is 0 Å². The molecule has 0 saturated carbocycles. The Kier molecular flexibility index (Phi) is 9.40. The van der Waals surface area contributed by atoms with Crippen molar-refractivity contribution in [3.05, 3.63) is 5.32 Å². The fourth-order valence-electron chi connectivity index (χ4n) is 1.77. The van der Waals surface area contributed by atoms with E-state index in [0.29, 0.717) is 26.2 Å². The van der Waals surface area contributed by atoms with E-state index in [-0.39, 0.29) is 25.1 Å². The van der Waals surface area contributed by atoms with Crippen LogP contribution in [0.15, 0.2) is 0 Å². The number of hydrogen-bond acceptors (Lipinski definition) is 6. The van der Waals surface area contributed by atoms with Crippen molar-refractivity contribution in [1.82, 2.24) is 4.90 Å². The van der Waals surface area contributed by atoms with Crippen LogP contribution in [0.1, 0.15) is 0 Å². The summed E-state index contributed by atoms with van der Waals surface area (Å²) in [5.74, 6) is 0. The average molecular weight is 300 g/mol. The fourth-order valence-corrected chi connectivity index (χ4v) is 1.77. The second-order valence-electron chi connectivity index (χ2n) is 4.27. The van der Waals surface area contributed by atoms with E-state index >= 15 is 0 Å². The second-order valence-corrected chi connectivity index (χ2v) is 4.27. The average Bonchev–Trinajstić information content (AvgIpc) is 2.37. The van der Waals surface area contributed by atoms with Crippen LogP contribution >= 0.6 is 0 Å². The molecule has 1 rings (SSSR count). The third kappa shape index (κ3) is 5.52. The molecule has 107 valence electrons. The van der Waals surface area contributed by atoms with Crippen molar-refractivity contribution in [1.29, 1.82) is 0 Å². The molecule has 0 spiro atoms. The predicted octanol–water partition coefficient (Wildman–Crippen LogP) is -2.89. The quantitative estimate of drug-likeness (QED) is 0.359. The zero-order chi connectivity index (χ0) is 12.8. The maximum atomic E-state index is 9.71. The van der Waals surface area contributed by atoms with Crippen molar-refractivity contribution < 1.29 is 44.1 Å². The van der Waals surface area contributed by atoms with Gasteiger partial charge in [-0.1, -0.05) is 0 Å². The molecule has 0 aromatic rings. The van der Waals surface area contributed by atoms with Crippen LogP contribution in [0.5, 0.6) is 0 Å². The zero-order valence-corrected chi connectivity index (χ0v) is 11.5. The molecule has 0 aliphatic carbocycles. The van der Waals surface area contributed by atoms with Crippen molar-refractivity contribution in [3.8, 4) is 0 Å². The van der Waals surface area contributed by atoms with Gasteiger partial charge in [0, 0.05) is 25.1 Å². The second kappa shape index (κ2) is 9.25. The van der Waals surface area contributed by atoms with Crippen LogP contribution in [0.3, 0.4) is 0 Å². The molecule has 5 N–H and O–H groups in total. The van der Waals surface area contributed by atoms with Crippen molar-refractivity contribution in [2.24, 2.45) is 0 Å². The van der Waals surface area contributed by atoms with Gasteiger partial charge in [0.15, 0.2) is 0 Å². The molecule has 1 radical (unpaired) electrons. The molecule has 7 nitrogen and oxygen atoms in total. The maximum absolute atomic E-state index is 9.71. The van der Waals surface area contributed by atoms with Crippen molar-refractivity contribution in [2.75, 3.05) is 39.3 Å². The Morgan fingerprint density at radius 1 is 0.944 bits per heavy atom. The van der Waals surface area contributed by atoms with Crippen LogP contribution < -0.4 is 0 Å². The summed E-state index contributed by atoms with van der Waals surface area (Å²) in [7, 11) is 0. The molecular weight excluding hydrogens is 279 g/mol. The zero-order valence-electron chi connectivity index (χ0n) is 10.1. The Morgan fingerprint density at radius 2 is 1.44 bits per heavy atom. The first-order valence-electron chi connectivity index (χ1n) is 5.75. The van der Waals surface area contributed by atoms with Crippen LogP contribution in [0, 0.1) is 0 Å². The van der Waals surface area contributed by atoms with Crippen molar-refractivity contribution in [2.45, 2.75) is 24.4 Å². The van der Waals surface area contributed by atoms with Gasteiger partial charge in [0.2, 0.25) is 0 Å². The largest absolute Gasteiger partial charge is 0.660 e. The summed E-state index contributed by atoms with van der Waals surface area (Å²) in [6.07, 6.45) is -5.64. The Morgan fingerprint density at radius 3 is 1.94 bits per heavy atom. The summed E-state index contributed by atoms with van der Waals surface area (Å²) in [5, 5.41) is 50.7. The summed E-state index contributed by atoms with van der Waals surface area (Å²) in [5.41, 5.74) is 0. The topological polar surface area (TPSA) is 118 Å². The number of piperazine rings is 1. The van der Waals surface area contributed by atoms with E-state index in [1.165, 1.54) is 0 Å². The summed E-state index contributed by atoms with van der Waals surface area (Å²) in [4.78, 5) is 1.93. The van der Waals surface area contributed by atoms with Gasteiger partial charge in [-0.3, -0.25) is 0 Å². The molecule has 0 aromatic heterocycles. The van der Waals surface area contributed by atoms with E-state index in [0.717, 1.165) is 0 Å². The first-order valence-corrected chi connectivity index (χ1v) is 5.75. The Hall–Kier alpha value is 0.304. The minimum Gasteiger partial charge on any atom is -0.660 e. The van der Waals surface area contributed by atoms with Crippen LogP contribution in [-0.4, -0.2) is 94.2 Å². The molecule has 4 unspecified atom stereocenters. The van der Waals surface area contributed by atoms with Gasteiger partial charge in [-0.05, 0) is 13.1 Å². The minimum atomic E-state index is -1.55. The molecule has 0 amide bonds. The van der Waals surface area contributed by atoms with E-state index in [4.69, 9.17) is 10.2 Å². The van der Waals surface area contributed by atoms with Gasteiger partial charge in [-0.15, -0.1) is 13.1 Å².